The highest BCUT2D eigenvalue weighted by atomic mass is 16.6. The van der Waals surface area contributed by atoms with E-state index >= 15 is 0 Å². The first-order valence-electron chi connectivity index (χ1n) is 14.8. The first kappa shape index (κ1) is 31.2. The van der Waals surface area contributed by atoms with Gasteiger partial charge in [-0.2, -0.15) is 0 Å². The second-order valence-electron chi connectivity index (χ2n) is 13.0. The molecule has 39 heavy (non-hydrogen) atoms. The number of hydrogen-bond acceptors (Lipinski definition) is 6. The van der Waals surface area contributed by atoms with E-state index in [1.807, 2.05) is 13.8 Å². The van der Waals surface area contributed by atoms with Crippen molar-refractivity contribution in [3.63, 3.8) is 0 Å². The van der Waals surface area contributed by atoms with Gasteiger partial charge in [0.1, 0.15) is 17.8 Å². The zero-order valence-corrected chi connectivity index (χ0v) is 25.3. The van der Waals surface area contributed by atoms with Gasteiger partial charge in [-0.15, -0.1) is 0 Å². The van der Waals surface area contributed by atoms with E-state index in [0.717, 1.165) is 36.8 Å². The van der Waals surface area contributed by atoms with Crippen LogP contribution in [0.4, 0.5) is 0 Å². The summed E-state index contributed by atoms with van der Waals surface area (Å²) in [4.78, 5) is 34.7. The van der Waals surface area contributed by atoms with E-state index in [-0.39, 0.29) is 29.4 Å². The molecule has 0 aromatic heterocycles. The van der Waals surface area contributed by atoms with Crippen LogP contribution in [0.15, 0.2) is 35.5 Å². The highest BCUT2D eigenvalue weighted by molar-refractivity contribution is 5.67. The van der Waals surface area contributed by atoms with Crippen LogP contribution in [0, 0.1) is 23.2 Å². The third-order valence-corrected chi connectivity index (χ3v) is 9.45. The Morgan fingerprint density at radius 1 is 1.08 bits per heavy atom. The van der Waals surface area contributed by atoms with Crippen molar-refractivity contribution in [1.29, 1.82) is 0 Å². The van der Waals surface area contributed by atoms with Crippen molar-refractivity contribution in [2.24, 2.45) is 23.2 Å². The van der Waals surface area contributed by atoms with Crippen LogP contribution in [0.25, 0.3) is 0 Å². The van der Waals surface area contributed by atoms with Gasteiger partial charge in [0.05, 0.1) is 0 Å². The summed E-state index contributed by atoms with van der Waals surface area (Å²) in [5.74, 6) is 0.983. The van der Waals surface area contributed by atoms with E-state index in [1.165, 1.54) is 52.0 Å². The van der Waals surface area contributed by atoms with Crippen LogP contribution in [-0.4, -0.2) is 35.7 Å². The van der Waals surface area contributed by atoms with Crippen LogP contribution in [0.2, 0.25) is 0 Å². The van der Waals surface area contributed by atoms with E-state index in [4.69, 9.17) is 14.2 Å². The van der Waals surface area contributed by atoms with Gasteiger partial charge in [-0.1, -0.05) is 44.6 Å². The average molecular weight is 543 g/mol. The fourth-order valence-electron chi connectivity index (χ4n) is 7.78. The van der Waals surface area contributed by atoms with Crippen LogP contribution < -0.4 is 0 Å². The Balaban J connectivity index is 1.71. The van der Waals surface area contributed by atoms with Gasteiger partial charge in [0, 0.05) is 33.6 Å². The maximum atomic E-state index is 11.7. The molecule has 3 aliphatic rings. The molecule has 6 nitrogen and oxygen atoms in total. The van der Waals surface area contributed by atoms with Gasteiger partial charge < -0.3 is 14.2 Å². The normalized spacial score (nSPS) is 32.0. The molecular formula is C33H50O6. The molecule has 0 radical (unpaired) electrons. The van der Waals surface area contributed by atoms with Crippen LogP contribution in [0.1, 0.15) is 113 Å². The summed E-state index contributed by atoms with van der Waals surface area (Å²) >= 11 is 0. The lowest BCUT2D eigenvalue weighted by atomic mass is 9.60. The highest BCUT2D eigenvalue weighted by Gasteiger charge is 2.50. The second-order valence-corrected chi connectivity index (χ2v) is 13.0. The molecule has 0 saturated heterocycles. The van der Waals surface area contributed by atoms with E-state index in [2.05, 4.69) is 32.6 Å². The maximum absolute atomic E-state index is 11.7. The van der Waals surface area contributed by atoms with E-state index in [0.29, 0.717) is 30.6 Å². The fourth-order valence-corrected chi connectivity index (χ4v) is 7.78. The fraction of sp³-hybridized carbons (Fsp3) is 0.727. The van der Waals surface area contributed by atoms with Gasteiger partial charge in [-0.05, 0) is 93.1 Å². The first-order chi connectivity index (χ1) is 18.2. The summed E-state index contributed by atoms with van der Waals surface area (Å²) < 4.78 is 16.5. The molecule has 0 heterocycles. The van der Waals surface area contributed by atoms with Crippen molar-refractivity contribution >= 4 is 17.9 Å². The molecule has 3 fully saturated rings. The number of fused-ring (bicyclic) bond motifs is 1. The zero-order chi connectivity index (χ0) is 29.0. The molecule has 0 unspecified atom stereocenters. The minimum absolute atomic E-state index is 0.212. The maximum Gasteiger partial charge on any atom is 0.303 e. The van der Waals surface area contributed by atoms with Crippen molar-refractivity contribution in [3.05, 3.63) is 35.5 Å². The molecule has 3 saturated carbocycles. The van der Waals surface area contributed by atoms with Gasteiger partial charge >= 0.3 is 17.9 Å². The topological polar surface area (TPSA) is 78.9 Å². The molecule has 6 heteroatoms. The zero-order valence-electron chi connectivity index (χ0n) is 25.3. The van der Waals surface area contributed by atoms with Crippen molar-refractivity contribution < 1.29 is 28.6 Å². The summed E-state index contributed by atoms with van der Waals surface area (Å²) in [5.41, 5.74) is 3.19. The Kier molecular flexibility index (Phi) is 10.3. The lowest BCUT2D eigenvalue weighted by Gasteiger charge is -2.44. The van der Waals surface area contributed by atoms with Crippen LogP contribution in [0.5, 0.6) is 0 Å². The highest BCUT2D eigenvalue weighted by Crippen LogP contribution is 2.60. The van der Waals surface area contributed by atoms with Gasteiger partial charge in [0.25, 0.3) is 0 Å². The van der Waals surface area contributed by atoms with Gasteiger partial charge in [0.15, 0.2) is 0 Å². The Labute approximate surface area is 235 Å². The third kappa shape index (κ3) is 8.08. The van der Waals surface area contributed by atoms with E-state index in [9.17, 15) is 14.4 Å². The van der Waals surface area contributed by atoms with E-state index < -0.39 is 11.7 Å². The van der Waals surface area contributed by atoms with Crippen molar-refractivity contribution in [2.75, 3.05) is 0 Å². The van der Waals surface area contributed by atoms with Gasteiger partial charge in [-0.25, -0.2) is 0 Å². The SMILES string of the molecule is C=C1/C(=C/C=C2/CCC[C@]3(C)[C@@H]([C@H](C)CCCC(C)(C)OC(C)=O)CC[C@@H]23)C[C@@H](OC(C)=O)C[C@@H]1OC(C)=O. The summed E-state index contributed by atoms with van der Waals surface area (Å²) in [6.07, 6.45) is 13.8. The standard InChI is InChI=1S/C33H50O6/c1-21(11-9-17-32(6,7)39-25(5)36)29-15-16-30-26(12-10-18-33(29,30)8)13-14-27-19-28(37-23(3)34)20-31(22(27)2)38-24(4)35/h13-14,21,28-31H,2,9-12,15-20H2,1,3-8H3/b26-13-,27-14+/t21-,28-,29-,30+,31+,33-/m1/s1. The molecule has 0 aliphatic heterocycles. The summed E-state index contributed by atoms with van der Waals surface area (Å²) in [7, 11) is 0. The number of esters is 3. The molecule has 3 rings (SSSR count). The van der Waals surface area contributed by atoms with Crippen LogP contribution in [-0.2, 0) is 28.6 Å². The number of rotatable bonds is 9. The van der Waals surface area contributed by atoms with Crippen molar-refractivity contribution in [1.82, 2.24) is 0 Å². The van der Waals surface area contributed by atoms with Gasteiger partial charge in [0.2, 0.25) is 0 Å². The van der Waals surface area contributed by atoms with Crippen molar-refractivity contribution in [2.45, 2.75) is 130 Å². The molecule has 0 spiro atoms. The predicted octanol–water partition coefficient (Wildman–Crippen LogP) is 7.42. The molecule has 0 bridgehead atoms. The van der Waals surface area contributed by atoms with Gasteiger partial charge in [-0.3, -0.25) is 14.4 Å². The van der Waals surface area contributed by atoms with E-state index in [1.54, 1.807) is 0 Å². The monoisotopic (exact) mass is 542 g/mol. The quantitative estimate of drug-likeness (QED) is 0.223. The Morgan fingerprint density at radius 2 is 1.77 bits per heavy atom. The largest absolute Gasteiger partial charge is 0.462 e. The second kappa shape index (κ2) is 12.9. The van der Waals surface area contributed by atoms with Crippen LogP contribution in [0.3, 0.4) is 0 Å². The molecular weight excluding hydrogens is 492 g/mol. The Morgan fingerprint density at radius 3 is 2.41 bits per heavy atom. The number of hydrogen-bond donors (Lipinski definition) is 0. The molecule has 0 aromatic rings. The summed E-state index contributed by atoms with van der Waals surface area (Å²) in [6, 6.07) is 0. The molecule has 0 amide bonds. The smallest absolute Gasteiger partial charge is 0.303 e. The average Bonchev–Trinajstić information content (AvgIpc) is 3.16. The van der Waals surface area contributed by atoms with Crippen LogP contribution >= 0.6 is 0 Å². The molecule has 3 aliphatic carbocycles. The summed E-state index contributed by atoms with van der Waals surface area (Å²) in [5, 5.41) is 0. The Bertz CT molecular complexity index is 1000. The minimum atomic E-state index is -0.468. The lowest BCUT2D eigenvalue weighted by molar-refractivity contribution is -0.155. The number of carbonyl (C=O) groups is 3. The molecule has 0 N–H and O–H groups in total. The third-order valence-electron chi connectivity index (χ3n) is 9.45. The molecule has 218 valence electrons. The lowest BCUT2D eigenvalue weighted by Crippen LogP contribution is -2.36. The summed E-state index contributed by atoms with van der Waals surface area (Å²) in [6.45, 7) is 17.5. The predicted molar refractivity (Wildman–Crippen MR) is 153 cm³/mol. The number of allylic oxidation sites excluding steroid dienone is 3. The number of carbonyl (C=O) groups excluding carboxylic acids is 3. The molecule has 6 atom stereocenters. The Hall–Kier alpha value is -2.37. The van der Waals surface area contributed by atoms with Crippen molar-refractivity contribution in [3.8, 4) is 0 Å². The number of ether oxygens (including phenoxy) is 3. The minimum Gasteiger partial charge on any atom is -0.462 e. The first-order valence-corrected chi connectivity index (χ1v) is 14.8. The molecule has 0 aromatic carbocycles.